The number of anilines is 3. The Kier molecular flexibility index (Phi) is 5.86. The van der Waals surface area contributed by atoms with Crippen LogP contribution in [0, 0.1) is 5.82 Å². The Bertz CT molecular complexity index is 986. The zero-order valence-electron chi connectivity index (χ0n) is 15.1. The predicted octanol–water partition coefficient (Wildman–Crippen LogP) is 5.27. The van der Waals surface area contributed by atoms with Crippen LogP contribution < -0.4 is 21.1 Å². The number of amides is 2. The van der Waals surface area contributed by atoms with Gasteiger partial charge in [0, 0.05) is 17.6 Å². The Morgan fingerprint density at radius 3 is 2.25 bits per heavy atom. The molecule has 0 fully saturated rings. The SMILES string of the molecule is C/C=C/c1c(Oc2ccc(NC(=O)Nc3ccc(F)cc3)cc2)ccnc1N. The second-order valence-corrected chi connectivity index (χ2v) is 5.82. The predicted molar refractivity (Wildman–Crippen MR) is 109 cm³/mol. The molecular formula is C21H19FN4O2. The van der Waals surface area contributed by atoms with Crippen LogP contribution in [0.2, 0.25) is 0 Å². The maximum Gasteiger partial charge on any atom is 0.323 e. The molecular weight excluding hydrogens is 359 g/mol. The number of hydrogen-bond acceptors (Lipinski definition) is 4. The van der Waals surface area contributed by atoms with Crippen LogP contribution in [0.5, 0.6) is 11.5 Å². The van der Waals surface area contributed by atoms with Crippen LogP contribution in [-0.2, 0) is 0 Å². The lowest BCUT2D eigenvalue weighted by Gasteiger charge is -2.11. The number of urea groups is 1. The summed E-state index contributed by atoms with van der Waals surface area (Å²) in [6.45, 7) is 1.88. The van der Waals surface area contributed by atoms with E-state index in [1.54, 1.807) is 36.5 Å². The van der Waals surface area contributed by atoms with Gasteiger partial charge >= 0.3 is 6.03 Å². The molecule has 142 valence electrons. The Labute approximate surface area is 161 Å². The van der Waals surface area contributed by atoms with E-state index in [0.717, 1.165) is 0 Å². The number of rotatable bonds is 5. The van der Waals surface area contributed by atoms with E-state index in [1.165, 1.54) is 24.3 Å². The van der Waals surface area contributed by atoms with E-state index >= 15 is 0 Å². The minimum atomic E-state index is -0.433. The third-order valence-electron chi connectivity index (χ3n) is 3.76. The molecule has 7 heteroatoms. The van der Waals surface area contributed by atoms with Gasteiger partial charge in [-0.1, -0.05) is 12.2 Å². The lowest BCUT2D eigenvalue weighted by Crippen LogP contribution is -2.19. The fraction of sp³-hybridized carbons (Fsp3) is 0.0476. The van der Waals surface area contributed by atoms with Crippen LogP contribution in [0.15, 0.2) is 66.9 Å². The van der Waals surface area contributed by atoms with Gasteiger partial charge in [0.2, 0.25) is 0 Å². The second-order valence-electron chi connectivity index (χ2n) is 5.82. The van der Waals surface area contributed by atoms with Crippen molar-refractivity contribution in [3.8, 4) is 11.5 Å². The highest BCUT2D eigenvalue weighted by atomic mass is 19.1. The summed E-state index contributed by atoms with van der Waals surface area (Å²) in [5.41, 5.74) is 7.66. The van der Waals surface area contributed by atoms with Crippen LogP contribution >= 0.6 is 0 Å². The molecule has 1 heterocycles. The molecule has 2 amide bonds. The summed E-state index contributed by atoms with van der Waals surface area (Å²) in [6.07, 6.45) is 5.26. The lowest BCUT2D eigenvalue weighted by atomic mass is 10.2. The van der Waals surface area contributed by atoms with E-state index in [1.807, 2.05) is 19.1 Å². The Hall–Kier alpha value is -3.87. The summed E-state index contributed by atoms with van der Waals surface area (Å²) in [6, 6.07) is 13.7. The molecule has 2 aromatic carbocycles. The van der Waals surface area contributed by atoms with Gasteiger partial charge in [-0.25, -0.2) is 14.2 Å². The minimum Gasteiger partial charge on any atom is -0.457 e. The molecule has 0 spiro atoms. The van der Waals surface area contributed by atoms with E-state index in [2.05, 4.69) is 15.6 Å². The first-order valence-corrected chi connectivity index (χ1v) is 8.54. The van der Waals surface area contributed by atoms with Gasteiger partial charge in [0.05, 0.1) is 5.56 Å². The monoisotopic (exact) mass is 378 g/mol. The highest BCUT2D eigenvalue weighted by Gasteiger charge is 2.08. The van der Waals surface area contributed by atoms with Gasteiger partial charge in [-0.05, 0) is 61.5 Å². The standard InChI is InChI=1S/C21H19FN4O2/c1-2-3-18-19(12-13-24-20(18)23)28-17-10-8-16(9-11-17)26-21(27)25-15-6-4-14(22)5-7-15/h2-13H,1H3,(H2,23,24)(H2,25,26,27)/b3-2+. The fourth-order valence-corrected chi connectivity index (χ4v) is 2.45. The van der Waals surface area contributed by atoms with Gasteiger partial charge < -0.3 is 21.1 Å². The van der Waals surface area contributed by atoms with Gasteiger partial charge in [-0.3, -0.25) is 0 Å². The molecule has 0 atom stereocenters. The number of hydrogen-bond donors (Lipinski definition) is 3. The Balaban J connectivity index is 1.64. The van der Waals surface area contributed by atoms with Gasteiger partial charge in [0.15, 0.2) is 0 Å². The van der Waals surface area contributed by atoms with Crippen LogP contribution in [0.3, 0.4) is 0 Å². The summed E-state index contributed by atoms with van der Waals surface area (Å²) >= 11 is 0. The maximum absolute atomic E-state index is 12.9. The quantitative estimate of drug-likeness (QED) is 0.564. The first-order chi connectivity index (χ1) is 13.5. The van der Waals surface area contributed by atoms with Crippen molar-refractivity contribution >= 4 is 29.3 Å². The molecule has 0 saturated carbocycles. The van der Waals surface area contributed by atoms with Crippen LogP contribution in [0.25, 0.3) is 6.08 Å². The van der Waals surface area contributed by atoms with Crippen LogP contribution in [0.4, 0.5) is 26.4 Å². The van der Waals surface area contributed by atoms with Crippen molar-refractivity contribution in [2.75, 3.05) is 16.4 Å². The summed E-state index contributed by atoms with van der Waals surface area (Å²) in [7, 11) is 0. The molecule has 0 aliphatic heterocycles. The molecule has 3 rings (SSSR count). The molecule has 4 N–H and O–H groups in total. The molecule has 0 bridgehead atoms. The van der Waals surface area contributed by atoms with Gasteiger partial charge in [0.1, 0.15) is 23.1 Å². The highest BCUT2D eigenvalue weighted by molar-refractivity contribution is 5.99. The molecule has 0 aliphatic carbocycles. The molecule has 0 radical (unpaired) electrons. The number of nitrogen functional groups attached to an aromatic ring is 1. The molecule has 1 aromatic heterocycles. The van der Waals surface area contributed by atoms with Gasteiger partial charge in [-0.2, -0.15) is 0 Å². The number of ether oxygens (including phenoxy) is 1. The van der Waals surface area contributed by atoms with E-state index in [-0.39, 0.29) is 5.82 Å². The first kappa shape index (κ1) is 18.9. The summed E-state index contributed by atoms with van der Waals surface area (Å²) < 4.78 is 18.8. The zero-order chi connectivity index (χ0) is 19.9. The molecule has 0 saturated heterocycles. The molecule has 3 aromatic rings. The summed E-state index contributed by atoms with van der Waals surface area (Å²) in [4.78, 5) is 16.1. The third kappa shape index (κ3) is 4.85. The number of aromatic nitrogens is 1. The molecule has 0 aliphatic rings. The van der Waals surface area contributed by atoms with E-state index in [9.17, 15) is 9.18 Å². The molecule has 28 heavy (non-hydrogen) atoms. The van der Waals surface area contributed by atoms with Crippen molar-refractivity contribution in [1.29, 1.82) is 0 Å². The number of nitrogens with zero attached hydrogens (tertiary/aromatic N) is 1. The maximum atomic E-state index is 12.9. The number of benzene rings is 2. The lowest BCUT2D eigenvalue weighted by molar-refractivity contribution is 0.262. The highest BCUT2D eigenvalue weighted by Crippen LogP contribution is 2.29. The number of allylic oxidation sites excluding steroid dienone is 1. The van der Waals surface area contributed by atoms with Crippen molar-refractivity contribution < 1.29 is 13.9 Å². The van der Waals surface area contributed by atoms with E-state index < -0.39 is 6.03 Å². The Morgan fingerprint density at radius 2 is 1.64 bits per heavy atom. The van der Waals surface area contributed by atoms with Gasteiger partial charge in [-0.15, -0.1) is 0 Å². The van der Waals surface area contributed by atoms with E-state index in [0.29, 0.717) is 34.3 Å². The average Bonchev–Trinajstić information content (AvgIpc) is 2.68. The third-order valence-corrected chi connectivity index (χ3v) is 3.76. The normalized spacial score (nSPS) is 10.6. The fourth-order valence-electron chi connectivity index (χ4n) is 2.45. The first-order valence-electron chi connectivity index (χ1n) is 8.54. The number of pyridine rings is 1. The largest absolute Gasteiger partial charge is 0.457 e. The van der Waals surface area contributed by atoms with Gasteiger partial charge in [0.25, 0.3) is 0 Å². The summed E-state index contributed by atoms with van der Waals surface area (Å²) in [5, 5.41) is 5.32. The van der Waals surface area contributed by atoms with Crippen molar-refractivity contribution in [1.82, 2.24) is 4.98 Å². The second kappa shape index (κ2) is 8.68. The number of nitrogens with two attached hydrogens (primary N) is 1. The van der Waals surface area contributed by atoms with E-state index in [4.69, 9.17) is 10.5 Å². The van der Waals surface area contributed by atoms with Crippen LogP contribution in [0.1, 0.15) is 12.5 Å². The number of carbonyl (C=O) groups is 1. The number of halogens is 1. The number of nitrogens with one attached hydrogen (secondary N) is 2. The average molecular weight is 378 g/mol. The minimum absolute atomic E-state index is 0.366. The zero-order valence-corrected chi connectivity index (χ0v) is 15.1. The molecule has 0 unspecified atom stereocenters. The smallest absolute Gasteiger partial charge is 0.323 e. The van der Waals surface area contributed by atoms with Crippen LogP contribution in [-0.4, -0.2) is 11.0 Å². The van der Waals surface area contributed by atoms with Crippen molar-refractivity contribution in [2.45, 2.75) is 6.92 Å². The Morgan fingerprint density at radius 1 is 1.04 bits per heavy atom. The van der Waals surface area contributed by atoms with Crippen molar-refractivity contribution in [3.05, 3.63) is 78.3 Å². The summed E-state index contributed by atoms with van der Waals surface area (Å²) in [5.74, 6) is 1.18. The van der Waals surface area contributed by atoms with Crippen molar-refractivity contribution in [2.24, 2.45) is 0 Å². The van der Waals surface area contributed by atoms with Crippen molar-refractivity contribution in [3.63, 3.8) is 0 Å². The topological polar surface area (TPSA) is 89.3 Å². The molecule has 6 nitrogen and oxygen atoms in total. The number of carbonyl (C=O) groups excluding carboxylic acids is 1.